The molecule has 1 atom stereocenters. The molecule has 0 aromatic carbocycles. The Bertz CT molecular complexity index is 864. The van der Waals surface area contributed by atoms with Crippen LogP contribution in [0.4, 0.5) is 18.9 Å². The number of anilines is 1. The Balaban J connectivity index is 0.000000318. The predicted octanol–water partition coefficient (Wildman–Crippen LogP) is 3.19. The van der Waals surface area contributed by atoms with Crippen molar-refractivity contribution in [2.45, 2.75) is 32.0 Å². The van der Waals surface area contributed by atoms with Crippen molar-refractivity contribution in [1.82, 2.24) is 14.9 Å². The second-order valence-corrected chi connectivity index (χ2v) is 8.11. The lowest BCUT2D eigenvalue weighted by Crippen LogP contribution is -2.47. The maximum Gasteiger partial charge on any atom is 0.490 e. The number of hydrogen-bond donors (Lipinski definition) is 1. The summed E-state index contributed by atoms with van der Waals surface area (Å²) in [6, 6.07) is 2.18. The van der Waals surface area contributed by atoms with Gasteiger partial charge < -0.3 is 10.0 Å². The lowest BCUT2D eigenvalue weighted by Gasteiger charge is -2.39. The summed E-state index contributed by atoms with van der Waals surface area (Å²) in [7, 11) is 0. The molecule has 7 nitrogen and oxygen atoms in total. The van der Waals surface area contributed by atoms with Gasteiger partial charge in [-0.05, 0) is 48.2 Å². The molecule has 11 heteroatoms. The van der Waals surface area contributed by atoms with Gasteiger partial charge in [0.2, 0.25) is 5.91 Å². The zero-order valence-electron chi connectivity index (χ0n) is 16.0. The fraction of sp³-hybridized carbons (Fsp3) is 0.474. The highest BCUT2D eigenvalue weighted by Crippen LogP contribution is 2.41. The maximum atomic E-state index is 13.1. The molecule has 0 aliphatic carbocycles. The Morgan fingerprint density at radius 3 is 2.53 bits per heavy atom. The normalized spacial score (nSPS) is 22.1. The second-order valence-electron chi connectivity index (χ2n) is 7.33. The summed E-state index contributed by atoms with van der Waals surface area (Å²) in [5.41, 5.74) is 1.96. The first-order valence-corrected chi connectivity index (χ1v) is 10.3. The number of nitrogens with zero attached hydrogens (tertiary/aromatic N) is 4. The van der Waals surface area contributed by atoms with Gasteiger partial charge in [-0.15, -0.1) is 0 Å². The number of piperidine rings is 1. The molecular formula is C19H21F3N4O3S. The van der Waals surface area contributed by atoms with E-state index in [0.29, 0.717) is 0 Å². The van der Waals surface area contributed by atoms with Crippen LogP contribution in [-0.2, 0) is 16.1 Å². The number of carboxylic acids is 1. The molecule has 0 bridgehead atoms. The summed E-state index contributed by atoms with van der Waals surface area (Å²) < 4.78 is 31.7. The lowest BCUT2D eigenvalue weighted by molar-refractivity contribution is -0.192. The van der Waals surface area contributed by atoms with Gasteiger partial charge in [-0.25, -0.2) is 14.8 Å². The van der Waals surface area contributed by atoms with Crippen LogP contribution in [0.5, 0.6) is 0 Å². The monoisotopic (exact) mass is 442 g/mol. The molecule has 4 rings (SSSR count). The Morgan fingerprint density at radius 1 is 1.23 bits per heavy atom. The van der Waals surface area contributed by atoms with Crippen LogP contribution < -0.4 is 4.90 Å². The quantitative estimate of drug-likeness (QED) is 0.786. The third-order valence-corrected chi connectivity index (χ3v) is 5.99. The Morgan fingerprint density at radius 2 is 1.93 bits per heavy atom. The number of hydrogen-bond acceptors (Lipinski definition) is 6. The molecule has 1 spiro atoms. The van der Waals surface area contributed by atoms with Crippen LogP contribution in [0.15, 0.2) is 35.5 Å². The first-order chi connectivity index (χ1) is 14.2. The molecule has 30 heavy (non-hydrogen) atoms. The molecule has 1 unspecified atom stereocenters. The molecule has 2 aliphatic rings. The van der Waals surface area contributed by atoms with E-state index in [-0.39, 0.29) is 11.3 Å². The molecule has 4 heterocycles. The zero-order valence-corrected chi connectivity index (χ0v) is 16.8. The van der Waals surface area contributed by atoms with Crippen LogP contribution in [0, 0.1) is 5.41 Å². The fourth-order valence-corrected chi connectivity index (χ4v) is 4.54. The van der Waals surface area contributed by atoms with Crippen LogP contribution in [0.3, 0.4) is 0 Å². The molecule has 0 radical (unpaired) electrons. The van der Waals surface area contributed by atoms with E-state index in [9.17, 15) is 18.0 Å². The van der Waals surface area contributed by atoms with Gasteiger partial charge >= 0.3 is 12.1 Å². The predicted molar refractivity (Wildman–Crippen MR) is 104 cm³/mol. The van der Waals surface area contributed by atoms with Crippen molar-refractivity contribution >= 4 is 28.9 Å². The smallest absolute Gasteiger partial charge is 0.475 e. The van der Waals surface area contributed by atoms with Crippen molar-refractivity contribution in [2.24, 2.45) is 5.41 Å². The average Bonchev–Trinajstić information content (AvgIpc) is 3.32. The van der Waals surface area contributed by atoms with E-state index in [0.717, 1.165) is 51.1 Å². The van der Waals surface area contributed by atoms with Crippen LogP contribution in [-0.4, -0.2) is 57.7 Å². The van der Waals surface area contributed by atoms with Crippen molar-refractivity contribution in [3.8, 4) is 0 Å². The van der Waals surface area contributed by atoms with Gasteiger partial charge in [-0.2, -0.15) is 24.5 Å². The molecular weight excluding hydrogens is 421 g/mol. The van der Waals surface area contributed by atoms with Gasteiger partial charge in [-0.3, -0.25) is 9.69 Å². The third-order valence-electron chi connectivity index (χ3n) is 5.26. The summed E-state index contributed by atoms with van der Waals surface area (Å²) in [6.07, 6.45) is 2.90. The summed E-state index contributed by atoms with van der Waals surface area (Å²) in [5, 5.41) is 11.4. The van der Waals surface area contributed by atoms with Crippen molar-refractivity contribution in [1.29, 1.82) is 0 Å². The summed E-state index contributed by atoms with van der Waals surface area (Å²) in [4.78, 5) is 34.4. The van der Waals surface area contributed by atoms with E-state index in [2.05, 4.69) is 31.7 Å². The molecule has 162 valence electrons. The Kier molecular flexibility index (Phi) is 6.71. The number of aliphatic carboxylic acids is 1. The molecule has 1 N–H and O–H groups in total. The van der Waals surface area contributed by atoms with E-state index in [1.54, 1.807) is 23.7 Å². The minimum Gasteiger partial charge on any atom is -0.475 e. The first kappa shape index (κ1) is 22.2. The fourth-order valence-electron chi connectivity index (χ4n) is 3.88. The zero-order chi connectivity index (χ0) is 21.8. The van der Waals surface area contributed by atoms with Gasteiger partial charge in [0.15, 0.2) is 0 Å². The topological polar surface area (TPSA) is 86.6 Å². The standard InChI is InChI=1S/C17H20N4OS.C2HF3O2/c22-16-17(4-6-21(16)15-8-18-13-19-9-15)3-1-5-20(12-17)10-14-2-7-23-11-14;3-2(4,5)1(6)7/h2,7-9,11,13H,1,3-6,10,12H2;(H,6,7). The highest BCUT2D eigenvalue weighted by Gasteiger charge is 2.49. The molecule has 2 saturated heterocycles. The highest BCUT2D eigenvalue weighted by molar-refractivity contribution is 7.07. The van der Waals surface area contributed by atoms with Crippen molar-refractivity contribution in [2.75, 3.05) is 24.5 Å². The van der Waals surface area contributed by atoms with E-state index in [4.69, 9.17) is 9.90 Å². The molecule has 1 amide bonds. The van der Waals surface area contributed by atoms with Crippen LogP contribution in [0.2, 0.25) is 0 Å². The average molecular weight is 442 g/mol. The van der Waals surface area contributed by atoms with Gasteiger partial charge in [0.05, 0.1) is 23.5 Å². The molecule has 2 aromatic heterocycles. The largest absolute Gasteiger partial charge is 0.490 e. The molecule has 2 aliphatic heterocycles. The summed E-state index contributed by atoms with van der Waals surface area (Å²) >= 11 is 1.73. The van der Waals surface area contributed by atoms with Crippen molar-refractivity contribution in [3.05, 3.63) is 41.1 Å². The number of carbonyl (C=O) groups excluding carboxylic acids is 1. The minimum absolute atomic E-state index is 0.218. The highest BCUT2D eigenvalue weighted by atomic mass is 32.1. The van der Waals surface area contributed by atoms with Crippen LogP contribution in [0.1, 0.15) is 24.8 Å². The molecule has 2 fully saturated rings. The van der Waals surface area contributed by atoms with Gasteiger partial charge in [0.25, 0.3) is 0 Å². The number of carbonyl (C=O) groups is 2. The van der Waals surface area contributed by atoms with E-state index < -0.39 is 12.1 Å². The maximum absolute atomic E-state index is 13.1. The minimum atomic E-state index is -5.08. The lowest BCUT2D eigenvalue weighted by atomic mass is 9.78. The van der Waals surface area contributed by atoms with E-state index in [1.807, 2.05) is 4.90 Å². The van der Waals surface area contributed by atoms with Crippen molar-refractivity contribution < 1.29 is 27.9 Å². The number of alkyl halides is 3. The number of carboxylic acid groups (broad SMARTS) is 1. The van der Waals surface area contributed by atoms with Crippen molar-refractivity contribution in [3.63, 3.8) is 0 Å². The first-order valence-electron chi connectivity index (χ1n) is 9.32. The van der Waals surface area contributed by atoms with E-state index in [1.165, 1.54) is 11.9 Å². The Hall–Kier alpha value is -2.53. The Labute approximate surface area is 175 Å². The number of aromatic nitrogens is 2. The van der Waals surface area contributed by atoms with Crippen LogP contribution >= 0.6 is 11.3 Å². The number of likely N-dealkylation sites (tertiary alicyclic amines) is 1. The number of rotatable bonds is 3. The molecule has 0 saturated carbocycles. The number of thiophene rings is 1. The van der Waals surface area contributed by atoms with E-state index >= 15 is 0 Å². The van der Waals surface area contributed by atoms with Gasteiger partial charge in [0.1, 0.15) is 6.33 Å². The summed E-state index contributed by atoms with van der Waals surface area (Å²) in [5.74, 6) is -2.50. The number of amides is 1. The van der Waals surface area contributed by atoms with Gasteiger partial charge in [0, 0.05) is 19.6 Å². The summed E-state index contributed by atoms with van der Waals surface area (Å²) in [6.45, 7) is 3.68. The molecule has 2 aromatic rings. The SMILES string of the molecule is O=C(O)C(F)(F)F.O=C1N(c2cncnc2)CCC12CCCN(Cc1ccsc1)C2. The number of halogens is 3. The second kappa shape index (κ2) is 9.09. The van der Waals surface area contributed by atoms with Crippen LogP contribution in [0.25, 0.3) is 0 Å². The van der Waals surface area contributed by atoms with Gasteiger partial charge in [-0.1, -0.05) is 0 Å². The third kappa shape index (κ3) is 5.14.